The molecule has 1 aromatic rings. The minimum absolute atomic E-state index is 0.112. The summed E-state index contributed by atoms with van der Waals surface area (Å²) in [5.41, 5.74) is 1.11. The molecule has 2 heterocycles. The molecular formula is C16H24N2O3S. The summed E-state index contributed by atoms with van der Waals surface area (Å²) >= 11 is 0. The molecule has 22 heavy (non-hydrogen) atoms. The van der Waals surface area contributed by atoms with E-state index >= 15 is 0 Å². The zero-order chi connectivity index (χ0) is 15.6. The quantitative estimate of drug-likeness (QED) is 0.849. The van der Waals surface area contributed by atoms with Gasteiger partial charge in [-0.3, -0.25) is 0 Å². The normalized spacial score (nSPS) is 28.6. The van der Waals surface area contributed by atoms with Crippen molar-refractivity contribution in [3.63, 3.8) is 0 Å². The third-order valence-corrected chi connectivity index (χ3v) is 6.74. The number of benzene rings is 1. The lowest BCUT2D eigenvalue weighted by atomic mass is 9.77. The highest BCUT2D eigenvalue weighted by molar-refractivity contribution is 7.86. The number of rotatable bonds is 3. The summed E-state index contributed by atoms with van der Waals surface area (Å²) in [6, 6.07) is 10.2. The van der Waals surface area contributed by atoms with Crippen LogP contribution in [-0.2, 0) is 20.4 Å². The fourth-order valence-corrected chi connectivity index (χ4v) is 5.15. The van der Waals surface area contributed by atoms with Crippen LogP contribution in [0.15, 0.2) is 30.3 Å². The van der Waals surface area contributed by atoms with Gasteiger partial charge in [0.1, 0.15) is 0 Å². The van der Waals surface area contributed by atoms with Gasteiger partial charge in [0.25, 0.3) is 10.2 Å². The highest BCUT2D eigenvalue weighted by atomic mass is 32.2. The molecular weight excluding hydrogens is 300 g/mol. The Kier molecular flexibility index (Phi) is 4.54. The largest absolute Gasteiger partial charge is 0.379 e. The van der Waals surface area contributed by atoms with E-state index in [1.54, 1.807) is 8.61 Å². The third-order valence-electron chi connectivity index (χ3n) is 4.75. The lowest BCUT2D eigenvalue weighted by molar-refractivity contribution is 0.0688. The fraction of sp³-hybridized carbons (Fsp3) is 0.625. The fourth-order valence-electron chi connectivity index (χ4n) is 3.41. The number of nitrogens with zero attached hydrogens (tertiary/aromatic N) is 2. The number of ether oxygens (including phenoxy) is 1. The Hall–Kier alpha value is -0.950. The second kappa shape index (κ2) is 6.28. The first-order valence-corrected chi connectivity index (χ1v) is 9.31. The maximum absolute atomic E-state index is 12.9. The molecule has 3 rings (SSSR count). The van der Waals surface area contributed by atoms with Crippen molar-refractivity contribution in [2.75, 3.05) is 39.4 Å². The molecule has 0 bridgehead atoms. The first-order valence-electron chi connectivity index (χ1n) is 7.91. The van der Waals surface area contributed by atoms with Gasteiger partial charge < -0.3 is 4.74 Å². The van der Waals surface area contributed by atoms with Crippen LogP contribution in [0.4, 0.5) is 0 Å². The van der Waals surface area contributed by atoms with Crippen molar-refractivity contribution in [3.05, 3.63) is 35.9 Å². The SMILES string of the molecule is C[C@@]1(c2ccccc2)CCCN(S(=O)(=O)N2CCOCC2)C1. The molecule has 1 aromatic carbocycles. The van der Waals surface area contributed by atoms with E-state index < -0.39 is 10.2 Å². The van der Waals surface area contributed by atoms with E-state index in [0.29, 0.717) is 39.4 Å². The number of morpholine rings is 1. The summed E-state index contributed by atoms with van der Waals surface area (Å²) in [7, 11) is -3.38. The van der Waals surface area contributed by atoms with Gasteiger partial charge in [-0.15, -0.1) is 0 Å². The summed E-state index contributed by atoms with van der Waals surface area (Å²) < 4.78 is 34.2. The Morgan fingerprint density at radius 3 is 2.41 bits per heavy atom. The van der Waals surface area contributed by atoms with Crippen molar-refractivity contribution in [3.8, 4) is 0 Å². The van der Waals surface area contributed by atoms with Crippen molar-refractivity contribution in [1.29, 1.82) is 0 Å². The Balaban J connectivity index is 1.80. The van der Waals surface area contributed by atoms with Crippen LogP contribution in [0.3, 0.4) is 0 Å². The molecule has 0 amide bonds. The van der Waals surface area contributed by atoms with E-state index in [1.165, 1.54) is 5.56 Å². The van der Waals surface area contributed by atoms with Crippen molar-refractivity contribution in [2.24, 2.45) is 0 Å². The van der Waals surface area contributed by atoms with Crippen LogP contribution in [0.1, 0.15) is 25.3 Å². The van der Waals surface area contributed by atoms with Crippen molar-refractivity contribution >= 4 is 10.2 Å². The van der Waals surface area contributed by atoms with Gasteiger partial charge in [-0.2, -0.15) is 17.0 Å². The van der Waals surface area contributed by atoms with Gasteiger partial charge in [-0.1, -0.05) is 37.3 Å². The zero-order valence-corrected chi connectivity index (χ0v) is 13.9. The Labute approximate surface area is 133 Å². The van der Waals surface area contributed by atoms with E-state index in [4.69, 9.17) is 4.74 Å². The van der Waals surface area contributed by atoms with Gasteiger partial charge in [0, 0.05) is 31.6 Å². The van der Waals surface area contributed by atoms with E-state index in [0.717, 1.165) is 12.8 Å². The van der Waals surface area contributed by atoms with Crippen LogP contribution in [0.2, 0.25) is 0 Å². The highest BCUT2D eigenvalue weighted by Gasteiger charge is 2.40. The number of piperidine rings is 1. The average Bonchev–Trinajstić information content (AvgIpc) is 2.56. The summed E-state index contributed by atoms with van der Waals surface area (Å²) in [5.74, 6) is 0. The van der Waals surface area contributed by atoms with E-state index in [9.17, 15) is 8.42 Å². The molecule has 1 atom stereocenters. The predicted octanol–water partition coefficient (Wildman–Crippen LogP) is 1.62. The van der Waals surface area contributed by atoms with Crippen LogP contribution in [0.25, 0.3) is 0 Å². The Morgan fingerprint density at radius 2 is 1.73 bits per heavy atom. The second-order valence-corrected chi connectivity index (χ2v) is 8.31. The first kappa shape index (κ1) is 15.9. The molecule has 0 aliphatic carbocycles. The summed E-state index contributed by atoms with van der Waals surface area (Å²) in [5, 5.41) is 0. The number of hydrogen-bond donors (Lipinski definition) is 0. The standard InChI is InChI=1S/C16H24N2O3S/c1-16(15-6-3-2-4-7-15)8-5-9-18(14-16)22(19,20)17-10-12-21-13-11-17/h2-4,6-7H,5,8-14H2,1H3/t16-/m1/s1. The van der Waals surface area contributed by atoms with Crippen LogP contribution < -0.4 is 0 Å². The van der Waals surface area contributed by atoms with Gasteiger partial charge in [-0.25, -0.2) is 0 Å². The van der Waals surface area contributed by atoms with Gasteiger partial charge in [0.15, 0.2) is 0 Å². The lowest BCUT2D eigenvalue weighted by Crippen LogP contribution is -2.54. The van der Waals surface area contributed by atoms with E-state index in [-0.39, 0.29) is 5.41 Å². The topological polar surface area (TPSA) is 49.9 Å². The predicted molar refractivity (Wildman–Crippen MR) is 85.9 cm³/mol. The summed E-state index contributed by atoms with van der Waals surface area (Å²) in [4.78, 5) is 0. The van der Waals surface area contributed by atoms with E-state index in [2.05, 4.69) is 19.1 Å². The molecule has 0 radical (unpaired) electrons. The molecule has 2 aliphatic heterocycles. The molecule has 0 N–H and O–H groups in total. The summed E-state index contributed by atoms with van der Waals surface area (Å²) in [6.45, 7) is 5.23. The maximum atomic E-state index is 12.9. The monoisotopic (exact) mass is 324 g/mol. The molecule has 0 aromatic heterocycles. The van der Waals surface area contributed by atoms with Gasteiger partial charge >= 0.3 is 0 Å². The highest BCUT2D eigenvalue weighted by Crippen LogP contribution is 2.35. The molecule has 122 valence electrons. The molecule has 6 heteroatoms. The smallest absolute Gasteiger partial charge is 0.282 e. The molecule has 0 unspecified atom stereocenters. The van der Waals surface area contributed by atoms with Gasteiger partial charge in [0.2, 0.25) is 0 Å². The molecule has 2 saturated heterocycles. The molecule has 0 spiro atoms. The molecule has 2 aliphatic rings. The maximum Gasteiger partial charge on any atom is 0.282 e. The van der Waals surface area contributed by atoms with Gasteiger partial charge in [-0.05, 0) is 18.4 Å². The minimum atomic E-state index is -3.38. The third kappa shape index (κ3) is 3.06. The Bertz CT molecular complexity index is 599. The van der Waals surface area contributed by atoms with Crippen LogP contribution in [0, 0.1) is 0 Å². The van der Waals surface area contributed by atoms with Crippen LogP contribution in [-0.4, -0.2) is 56.4 Å². The molecule has 2 fully saturated rings. The minimum Gasteiger partial charge on any atom is -0.379 e. The second-order valence-electron chi connectivity index (χ2n) is 6.38. The van der Waals surface area contributed by atoms with E-state index in [1.807, 2.05) is 18.2 Å². The Morgan fingerprint density at radius 1 is 1.05 bits per heavy atom. The zero-order valence-electron chi connectivity index (χ0n) is 13.1. The lowest BCUT2D eigenvalue weighted by Gasteiger charge is -2.42. The average molecular weight is 324 g/mol. The van der Waals surface area contributed by atoms with Crippen molar-refractivity contribution in [2.45, 2.75) is 25.2 Å². The first-order chi connectivity index (χ1) is 10.5. The van der Waals surface area contributed by atoms with Crippen LogP contribution in [0.5, 0.6) is 0 Å². The van der Waals surface area contributed by atoms with Crippen molar-refractivity contribution in [1.82, 2.24) is 8.61 Å². The van der Waals surface area contributed by atoms with Crippen molar-refractivity contribution < 1.29 is 13.2 Å². The van der Waals surface area contributed by atoms with Crippen LogP contribution >= 0.6 is 0 Å². The van der Waals surface area contributed by atoms with Gasteiger partial charge in [0.05, 0.1) is 13.2 Å². The number of hydrogen-bond acceptors (Lipinski definition) is 3. The molecule has 5 nitrogen and oxygen atoms in total. The summed E-state index contributed by atoms with van der Waals surface area (Å²) in [6.07, 6.45) is 1.92. The molecule has 0 saturated carbocycles.